The van der Waals surface area contributed by atoms with Crippen LogP contribution < -0.4 is 4.65 Å². The molecule has 0 aromatic heterocycles. The molecule has 1 aromatic carbocycles. The molecule has 0 aliphatic heterocycles. The SMILES string of the molecule is O[B]Oc1c(Cl)cccc1Cl. The summed E-state index contributed by atoms with van der Waals surface area (Å²) in [6.45, 7) is 0. The fourth-order valence-corrected chi connectivity index (χ4v) is 1.13. The van der Waals surface area contributed by atoms with E-state index in [4.69, 9.17) is 28.2 Å². The van der Waals surface area contributed by atoms with E-state index < -0.39 is 0 Å². The zero-order chi connectivity index (χ0) is 8.27. The van der Waals surface area contributed by atoms with Crippen LogP contribution in [0.1, 0.15) is 0 Å². The van der Waals surface area contributed by atoms with Gasteiger partial charge in [0, 0.05) is 0 Å². The summed E-state index contributed by atoms with van der Waals surface area (Å²) in [6.07, 6.45) is 0. The molecular weight excluding hydrogens is 186 g/mol. The molecule has 0 atom stereocenters. The Labute approximate surface area is 75.0 Å². The summed E-state index contributed by atoms with van der Waals surface area (Å²) < 4.78 is 4.63. The monoisotopic (exact) mass is 189 g/mol. The van der Waals surface area contributed by atoms with Crippen molar-refractivity contribution < 1.29 is 9.68 Å². The van der Waals surface area contributed by atoms with Crippen LogP contribution in [0.15, 0.2) is 18.2 Å². The van der Waals surface area contributed by atoms with Gasteiger partial charge in [-0.25, -0.2) is 0 Å². The Morgan fingerprint density at radius 3 is 2.27 bits per heavy atom. The molecule has 1 radical (unpaired) electrons. The van der Waals surface area contributed by atoms with Crippen molar-refractivity contribution in [3.63, 3.8) is 0 Å². The summed E-state index contributed by atoms with van der Waals surface area (Å²) in [5.41, 5.74) is 0. The smallest absolute Gasteiger partial charge is 0.535 e. The van der Waals surface area contributed by atoms with Crippen LogP contribution in [0.3, 0.4) is 0 Å². The molecule has 0 fully saturated rings. The standard InChI is InChI=1S/C6H4BCl2O2/c8-4-2-1-3-5(9)6(4)11-7-10/h1-3,10H. The van der Waals surface area contributed by atoms with Crippen LogP contribution in [-0.4, -0.2) is 12.7 Å². The minimum Gasteiger partial charge on any atom is -0.535 e. The third-order valence-electron chi connectivity index (χ3n) is 1.09. The second-order valence-corrected chi connectivity index (χ2v) is 2.59. The van der Waals surface area contributed by atoms with E-state index in [-0.39, 0.29) is 5.75 Å². The average Bonchev–Trinajstić information content (AvgIpc) is 1.97. The van der Waals surface area contributed by atoms with Crippen molar-refractivity contribution in [2.75, 3.05) is 0 Å². The molecule has 1 aromatic rings. The third-order valence-corrected chi connectivity index (χ3v) is 1.68. The van der Waals surface area contributed by atoms with E-state index in [0.29, 0.717) is 17.7 Å². The molecule has 0 aliphatic rings. The first kappa shape index (κ1) is 8.72. The maximum atomic E-state index is 8.30. The van der Waals surface area contributed by atoms with Gasteiger partial charge in [0.05, 0.1) is 10.0 Å². The molecule has 0 unspecified atom stereocenters. The summed E-state index contributed by atoms with van der Waals surface area (Å²) in [5.74, 6) is 0.262. The summed E-state index contributed by atoms with van der Waals surface area (Å²) in [5, 5.41) is 9.03. The van der Waals surface area contributed by atoms with Gasteiger partial charge in [0.1, 0.15) is 5.75 Å². The summed E-state index contributed by atoms with van der Waals surface area (Å²) >= 11 is 11.3. The molecule has 2 nitrogen and oxygen atoms in total. The number of halogens is 2. The van der Waals surface area contributed by atoms with Gasteiger partial charge in [-0.15, -0.1) is 0 Å². The van der Waals surface area contributed by atoms with E-state index in [0.717, 1.165) is 0 Å². The lowest BCUT2D eigenvalue weighted by Gasteiger charge is -2.04. The van der Waals surface area contributed by atoms with Crippen LogP contribution in [0, 0.1) is 0 Å². The predicted molar refractivity (Wildman–Crippen MR) is 45.1 cm³/mol. The third kappa shape index (κ3) is 2.02. The Bertz CT molecular complexity index is 234. The minimum atomic E-state index is 0.262. The van der Waals surface area contributed by atoms with Crippen molar-refractivity contribution in [1.82, 2.24) is 0 Å². The first-order valence-electron chi connectivity index (χ1n) is 2.82. The first-order valence-corrected chi connectivity index (χ1v) is 3.58. The molecule has 0 heterocycles. The molecule has 0 aliphatic carbocycles. The topological polar surface area (TPSA) is 29.5 Å². The van der Waals surface area contributed by atoms with Gasteiger partial charge in [0.15, 0.2) is 0 Å². The maximum absolute atomic E-state index is 8.30. The van der Waals surface area contributed by atoms with Gasteiger partial charge in [-0.2, -0.15) is 0 Å². The Morgan fingerprint density at radius 2 is 1.82 bits per heavy atom. The fourth-order valence-electron chi connectivity index (χ4n) is 0.648. The minimum absolute atomic E-state index is 0.262. The first-order chi connectivity index (χ1) is 5.25. The Hall–Kier alpha value is -0.375. The van der Waals surface area contributed by atoms with E-state index >= 15 is 0 Å². The number of hydrogen-bond acceptors (Lipinski definition) is 2. The number of para-hydroxylation sites is 1. The zero-order valence-corrected chi connectivity index (χ0v) is 6.93. The highest BCUT2D eigenvalue weighted by molar-refractivity contribution is 6.37. The fraction of sp³-hybridized carbons (Fsp3) is 0. The normalized spacial score (nSPS) is 9.36. The van der Waals surface area contributed by atoms with Crippen molar-refractivity contribution in [3.05, 3.63) is 28.2 Å². The van der Waals surface area contributed by atoms with Crippen molar-refractivity contribution in [2.24, 2.45) is 0 Å². The highest BCUT2D eigenvalue weighted by Gasteiger charge is 2.05. The van der Waals surface area contributed by atoms with Crippen LogP contribution >= 0.6 is 23.2 Å². The van der Waals surface area contributed by atoms with E-state index in [1.165, 1.54) is 0 Å². The largest absolute Gasteiger partial charge is 0.569 e. The summed E-state index contributed by atoms with van der Waals surface area (Å²) in [7, 11) is 0.535. The zero-order valence-electron chi connectivity index (χ0n) is 5.42. The van der Waals surface area contributed by atoms with Crippen LogP contribution in [-0.2, 0) is 0 Å². The lowest BCUT2D eigenvalue weighted by atomic mass is 10.3. The Kier molecular flexibility index (Phi) is 3.06. The summed E-state index contributed by atoms with van der Waals surface area (Å²) in [4.78, 5) is 0. The second kappa shape index (κ2) is 3.86. The molecule has 11 heavy (non-hydrogen) atoms. The van der Waals surface area contributed by atoms with Gasteiger partial charge < -0.3 is 9.68 Å². The van der Waals surface area contributed by atoms with E-state index in [1.54, 1.807) is 18.2 Å². The predicted octanol–water partition coefficient (Wildman–Crippen LogP) is 1.90. The Balaban J connectivity index is 3.00. The average molecular weight is 190 g/mol. The van der Waals surface area contributed by atoms with Crippen LogP contribution in [0.5, 0.6) is 5.75 Å². The molecule has 0 bridgehead atoms. The van der Waals surface area contributed by atoms with Gasteiger partial charge in [0.25, 0.3) is 0 Å². The molecule has 0 saturated carbocycles. The van der Waals surface area contributed by atoms with Gasteiger partial charge >= 0.3 is 7.69 Å². The molecule has 1 rings (SSSR count). The lowest BCUT2D eigenvalue weighted by Crippen LogP contribution is -2.00. The summed E-state index contributed by atoms with van der Waals surface area (Å²) in [6, 6.07) is 4.92. The number of rotatable bonds is 2. The van der Waals surface area contributed by atoms with Gasteiger partial charge in [-0.05, 0) is 12.1 Å². The quantitative estimate of drug-likeness (QED) is 0.721. The van der Waals surface area contributed by atoms with E-state index in [1.807, 2.05) is 0 Å². The van der Waals surface area contributed by atoms with Crippen molar-refractivity contribution in [2.45, 2.75) is 0 Å². The van der Waals surface area contributed by atoms with Crippen molar-refractivity contribution >= 4 is 30.9 Å². The highest BCUT2D eigenvalue weighted by atomic mass is 35.5. The number of benzene rings is 1. The Morgan fingerprint density at radius 1 is 1.27 bits per heavy atom. The molecule has 57 valence electrons. The van der Waals surface area contributed by atoms with Crippen LogP contribution in [0.4, 0.5) is 0 Å². The second-order valence-electron chi connectivity index (χ2n) is 1.77. The van der Waals surface area contributed by atoms with Gasteiger partial charge in [-0.3, -0.25) is 0 Å². The van der Waals surface area contributed by atoms with Crippen molar-refractivity contribution in [3.8, 4) is 5.75 Å². The van der Waals surface area contributed by atoms with E-state index in [9.17, 15) is 0 Å². The molecule has 5 heteroatoms. The maximum Gasteiger partial charge on any atom is 0.569 e. The molecule has 0 amide bonds. The number of hydrogen-bond donors (Lipinski definition) is 1. The van der Waals surface area contributed by atoms with Crippen LogP contribution in [0.25, 0.3) is 0 Å². The van der Waals surface area contributed by atoms with Crippen molar-refractivity contribution in [1.29, 1.82) is 0 Å². The van der Waals surface area contributed by atoms with Crippen LogP contribution in [0.2, 0.25) is 10.0 Å². The molecule has 1 N–H and O–H groups in total. The lowest BCUT2D eigenvalue weighted by molar-refractivity contribution is 0.454. The highest BCUT2D eigenvalue weighted by Crippen LogP contribution is 2.31. The molecule has 0 saturated heterocycles. The van der Waals surface area contributed by atoms with E-state index in [2.05, 4.69) is 4.65 Å². The molecular formula is C6H4BCl2O2. The van der Waals surface area contributed by atoms with Gasteiger partial charge in [0.2, 0.25) is 0 Å². The molecule has 0 spiro atoms. The van der Waals surface area contributed by atoms with Gasteiger partial charge in [-0.1, -0.05) is 29.3 Å².